The SMILES string of the molecule is C[C@H](c1ccc([C@H](CO)NC(=O)c2cc3cc(Cc4ccc(Cl)cc4C(F)(F)F)n(C4CC4)c3cc2F)cc1)S(=O)[O-]. The van der Waals surface area contributed by atoms with Crippen molar-refractivity contribution in [2.75, 3.05) is 6.61 Å². The van der Waals surface area contributed by atoms with Crippen LogP contribution in [0.2, 0.25) is 5.02 Å². The molecule has 1 saturated carbocycles. The summed E-state index contributed by atoms with van der Waals surface area (Å²) >= 11 is 3.53. The molecule has 12 heteroatoms. The minimum atomic E-state index is -4.61. The molecule has 1 aliphatic rings. The Morgan fingerprint density at radius 2 is 1.79 bits per heavy atom. The van der Waals surface area contributed by atoms with E-state index in [2.05, 4.69) is 5.32 Å². The Morgan fingerprint density at radius 1 is 1.12 bits per heavy atom. The van der Waals surface area contributed by atoms with Gasteiger partial charge in [-0.1, -0.05) is 41.9 Å². The molecule has 1 amide bonds. The number of benzene rings is 3. The molecule has 3 atom stereocenters. The zero-order valence-electron chi connectivity index (χ0n) is 22.3. The third-order valence-corrected chi connectivity index (χ3v) is 8.58. The number of hydrogen-bond acceptors (Lipinski definition) is 4. The van der Waals surface area contributed by atoms with E-state index in [1.54, 1.807) is 30.3 Å². The fourth-order valence-corrected chi connectivity index (χ4v) is 5.68. The van der Waals surface area contributed by atoms with Crippen molar-refractivity contribution in [1.82, 2.24) is 9.88 Å². The number of carbonyl (C=O) groups excluding carboxylic acids is 1. The maximum Gasteiger partial charge on any atom is 0.416 e. The summed E-state index contributed by atoms with van der Waals surface area (Å²) in [5.41, 5.74) is 0.960. The average molecular weight is 622 g/mol. The number of halogens is 5. The number of carbonyl (C=O) groups is 1. The molecule has 1 aliphatic carbocycles. The topological polar surface area (TPSA) is 94.4 Å². The van der Waals surface area contributed by atoms with Gasteiger partial charge in [0.05, 0.1) is 29.3 Å². The maximum atomic E-state index is 15.4. The number of rotatable bonds is 9. The molecule has 1 fully saturated rings. The molecule has 1 heterocycles. The van der Waals surface area contributed by atoms with Crippen molar-refractivity contribution in [3.63, 3.8) is 0 Å². The van der Waals surface area contributed by atoms with Crippen LogP contribution in [-0.2, 0) is 23.7 Å². The molecular weight excluding hydrogens is 596 g/mol. The number of hydrogen-bond donors (Lipinski definition) is 2. The minimum absolute atomic E-state index is 0.0155. The van der Waals surface area contributed by atoms with Gasteiger partial charge in [0.1, 0.15) is 5.82 Å². The van der Waals surface area contributed by atoms with Crippen LogP contribution in [0.15, 0.2) is 60.7 Å². The van der Waals surface area contributed by atoms with E-state index in [-0.39, 0.29) is 28.6 Å². The van der Waals surface area contributed by atoms with Crippen molar-refractivity contribution < 1.29 is 36.2 Å². The highest BCUT2D eigenvalue weighted by atomic mass is 35.5. The van der Waals surface area contributed by atoms with E-state index >= 15 is 4.39 Å². The van der Waals surface area contributed by atoms with E-state index in [0.717, 1.165) is 18.9 Å². The molecule has 1 aromatic heterocycles. The van der Waals surface area contributed by atoms with Crippen LogP contribution < -0.4 is 5.32 Å². The van der Waals surface area contributed by atoms with Crippen LogP contribution in [0, 0.1) is 5.82 Å². The number of amides is 1. The molecule has 0 bridgehead atoms. The zero-order chi connectivity index (χ0) is 30.3. The number of aliphatic hydroxyl groups is 1. The van der Waals surface area contributed by atoms with E-state index in [0.29, 0.717) is 27.7 Å². The second-order valence-corrected chi connectivity index (χ2v) is 12.0. The Balaban J connectivity index is 1.45. The van der Waals surface area contributed by atoms with Crippen LogP contribution in [0.3, 0.4) is 0 Å². The molecule has 0 spiro atoms. The van der Waals surface area contributed by atoms with Gasteiger partial charge in [0.2, 0.25) is 0 Å². The monoisotopic (exact) mass is 621 g/mol. The van der Waals surface area contributed by atoms with Gasteiger partial charge in [-0.05, 0) is 77.9 Å². The van der Waals surface area contributed by atoms with E-state index in [9.17, 15) is 31.8 Å². The summed E-state index contributed by atoms with van der Waals surface area (Å²) in [6.45, 7) is 1.03. The first-order valence-electron chi connectivity index (χ1n) is 13.2. The van der Waals surface area contributed by atoms with E-state index in [1.807, 2.05) is 4.57 Å². The van der Waals surface area contributed by atoms with Crippen LogP contribution in [-0.4, -0.2) is 30.9 Å². The van der Waals surface area contributed by atoms with Crippen LogP contribution >= 0.6 is 11.6 Å². The van der Waals surface area contributed by atoms with E-state index < -0.39 is 52.4 Å². The van der Waals surface area contributed by atoms with Gasteiger partial charge in [-0.15, -0.1) is 0 Å². The molecule has 5 rings (SSSR count). The summed E-state index contributed by atoms with van der Waals surface area (Å²) in [5.74, 6) is -1.60. The third-order valence-electron chi connectivity index (χ3n) is 7.50. The lowest BCUT2D eigenvalue weighted by atomic mass is 10.0. The lowest BCUT2D eigenvalue weighted by molar-refractivity contribution is -0.138. The van der Waals surface area contributed by atoms with Crippen molar-refractivity contribution in [2.24, 2.45) is 0 Å². The molecule has 2 N–H and O–H groups in total. The largest absolute Gasteiger partial charge is 0.772 e. The fourth-order valence-electron chi connectivity index (χ4n) is 5.12. The van der Waals surface area contributed by atoms with Gasteiger partial charge in [0, 0.05) is 33.8 Å². The van der Waals surface area contributed by atoms with Gasteiger partial charge < -0.3 is 19.5 Å². The Morgan fingerprint density at radius 3 is 2.38 bits per heavy atom. The zero-order valence-corrected chi connectivity index (χ0v) is 23.8. The lowest BCUT2D eigenvalue weighted by Crippen LogP contribution is -2.31. The smallest absolute Gasteiger partial charge is 0.416 e. The summed E-state index contributed by atoms with van der Waals surface area (Å²) in [4.78, 5) is 13.1. The van der Waals surface area contributed by atoms with Gasteiger partial charge in [0.15, 0.2) is 0 Å². The van der Waals surface area contributed by atoms with Gasteiger partial charge in [-0.3, -0.25) is 9.00 Å². The molecule has 0 radical (unpaired) electrons. The predicted molar refractivity (Wildman–Crippen MR) is 150 cm³/mol. The number of nitrogens with one attached hydrogen (secondary N) is 1. The first-order valence-corrected chi connectivity index (χ1v) is 14.7. The Hall–Kier alpha value is -3.25. The van der Waals surface area contributed by atoms with Crippen molar-refractivity contribution in [3.05, 3.63) is 105 Å². The summed E-state index contributed by atoms with van der Waals surface area (Å²) < 4.78 is 80.9. The third kappa shape index (κ3) is 6.24. The molecule has 1 unspecified atom stereocenters. The first kappa shape index (κ1) is 30.2. The molecule has 0 aliphatic heterocycles. The first-order chi connectivity index (χ1) is 19.9. The van der Waals surface area contributed by atoms with E-state index in [4.69, 9.17) is 11.6 Å². The molecule has 0 saturated heterocycles. The van der Waals surface area contributed by atoms with Crippen LogP contribution in [0.5, 0.6) is 0 Å². The second kappa shape index (κ2) is 11.8. The number of alkyl halides is 3. The number of fused-ring (bicyclic) bond motifs is 1. The number of aromatic nitrogens is 1. The Labute approximate surface area is 246 Å². The van der Waals surface area contributed by atoms with Gasteiger partial charge >= 0.3 is 6.18 Å². The van der Waals surface area contributed by atoms with Crippen molar-refractivity contribution in [3.8, 4) is 0 Å². The average Bonchev–Trinajstić information content (AvgIpc) is 3.72. The van der Waals surface area contributed by atoms with Crippen LogP contribution in [0.25, 0.3) is 10.9 Å². The molecule has 6 nitrogen and oxygen atoms in total. The van der Waals surface area contributed by atoms with Gasteiger partial charge in [-0.25, -0.2) is 4.39 Å². The fraction of sp³-hybridized carbons (Fsp3) is 0.300. The van der Waals surface area contributed by atoms with E-state index in [1.165, 1.54) is 31.2 Å². The standard InChI is InChI=1S/C30H27ClF4N2O4S/c1-16(42(40)41)17-2-4-18(5-3-17)27(15-38)36-29(39)24-12-20-11-23(37(22-8-9-22)28(20)14-26(24)32)10-19-6-7-21(31)13-25(19)30(33,34)35/h2-7,11-14,16,22,27,38H,8-10,15H2,1H3,(H,36,39)(H,40,41)/p-1/t16-,27+/m1/s1. The van der Waals surface area contributed by atoms with Crippen molar-refractivity contribution in [2.45, 2.75) is 49.7 Å². The van der Waals surface area contributed by atoms with Gasteiger partial charge in [-0.2, -0.15) is 13.2 Å². The summed E-state index contributed by atoms with van der Waals surface area (Å²) in [6, 6.07) is 13.3. The lowest BCUT2D eigenvalue weighted by Gasteiger charge is -2.19. The summed E-state index contributed by atoms with van der Waals surface area (Å²) in [7, 11) is 0. The van der Waals surface area contributed by atoms with Gasteiger partial charge in [0.25, 0.3) is 5.91 Å². The highest BCUT2D eigenvalue weighted by molar-refractivity contribution is 7.79. The predicted octanol–water partition coefficient (Wildman–Crippen LogP) is 6.78. The Kier molecular flexibility index (Phi) is 8.48. The highest BCUT2D eigenvalue weighted by Gasteiger charge is 2.35. The molecular formula is C30H26ClF4N2O4S-. The summed E-state index contributed by atoms with van der Waals surface area (Å²) in [5, 5.41) is 12.3. The van der Waals surface area contributed by atoms with Crippen molar-refractivity contribution >= 4 is 39.5 Å². The molecule has 3 aromatic carbocycles. The molecule has 42 heavy (non-hydrogen) atoms. The molecule has 222 valence electrons. The van der Waals surface area contributed by atoms with Crippen LogP contribution in [0.1, 0.15) is 75.4 Å². The van der Waals surface area contributed by atoms with Crippen molar-refractivity contribution in [1.29, 1.82) is 0 Å². The van der Waals surface area contributed by atoms with Crippen LogP contribution in [0.4, 0.5) is 17.6 Å². The quantitative estimate of drug-likeness (QED) is 0.159. The number of aliphatic hydroxyl groups excluding tert-OH is 1. The Bertz CT molecular complexity index is 1670. The molecule has 4 aromatic rings. The summed E-state index contributed by atoms with van der Waals surface area (Å²) in [6.07, 6.45) is -3.08. The number of nitrogens with zero attached hydrogens (tertiary/aromatic N) is 1. The second-order valence-electron chi connectivity index (χ2n) is 10.4. The normalized spacial score (nSPS) is 15.9. The maximum absolute atomic E-state index is 15.4. The minimum Gasteiger partial charge on any atom is -0.772 e. The highest BCUT2D eigenvalue weighted by Crippen LogP contribution is 2.42.